The maximum absolute atomic E-state index is 13.2. The van der Waals surface area contributed by atoms with Crippen molar-refractivity contribution in [3.63, 3.8) is 0 Å². The molecule has 1 rings (SSSR count). The largest absolute Gasteiger partial charge is 0.489 e. The Labute approximate surface area is 84.9 Å². The van der Waals surface area contributed by atoms with Crippen LogP contribution in [-0.2, 0) is 0 Å². The van der Waals surface area contributed by atoms with Crippen molar-refractivity contribution in [2.45, 2.75) is 4.90 Å². The van der Waals surface area contributed by atoms with Gasteiger partial charge in [-0.05, 0) is 17.8 Å². The lowest BCUT2D eigenvalue weighted by Gasteiger charge is -2.07. The molecule has 0 aromatic heterocycles. The Hall–Kier alpha value is -0.225. The van der Waals surface area contributed by atoms with Crippen LogP contribution in [0.15, 0.2) is 17.0 Å². The molecule has 0 heterocycles. The molecule has 0 saturated carbocycles. The summed E-state index contributed by atoms with van der Waals surface area (Å²) in [5, 5.41) is 17.7. The Morgan fingerprint density at radius 2 is 2.08 bits per heavy atom. The highest BCUT2D eigenvalue weighted by molar-refractivity contribution is 7.98. The molecule has 70 valence electrons. The summed E-state index contributed by atoms with van der Waals surface area (Å²) in [7, 11) is -1.67. The molecule has 2 N–H and O–H groups in total. The molecule has 0 aliphatic carbocycles. The van der Waals surface area contributed by atoms with E-state index in [0.29, 0.717) is 0 Å². The van der Waals surface area contributed by atoms with Gasteiger partial charge >= 0.3 is 7.12 Å². The van der Waals surface area contributed by atoms with Crippen molar-refractivity contribution in [1.29, 1.82) is 0 Å². The second-order valence-electron chi connectivity index (χ2n) is 2.36. The van der Waals surface area contributed by atoms with Gasteiger partial charge in [-0.1, -0.05) is 17.7 Å². The van der Waals surface area contributed by atoms with E-state index in [1.165, 1.54) is 12.1 Å². The molecule has 0 saturated heterocycles. The Kier molecular flexibility index (Phi) is 3.61. The van der Waals surface area contributed by atoms with E-state index in [2.05, 4.69) is 0 Å². The van der Waals surface area contributed by atoms with Crippen LogP contribution in [0.4, 0.5) is 4.39 Å². The quantitative estimate of drug-likeness (QED) is 0.574. The molecule has 0 atom stereocenters. The standard InChI is InChI=1S/C7H7BClFO2S/c1-13-7-4(8(11)12)2-3-5(9)6(7)10/h2-3,11-12H,1H3. The van der Waals surface area contributed by atoms with E-state index in [9.17, 15) is 4.39 Å². The van der Waals surface area contributed by atoms with E-state index in [1.54, 1.807) is 6.26 Å². The highest BCUT2D eigenvalue weighted by Gasteiger charge is 2.19. The van der Waals surface area contributed by atoms with Crippen molar-refractivity contribution in [1.82, 2.24) is 0 Å². The zero-order valence-electron chi connectivity index (χ0n) is 6.79. The Morgan fingerprint density at radius 3 is 2.54 bits per heavy atom. The highest BCUT2D eigenvalue weighted by Crippen LogP contribution is 2.23. The summed E-state index contributed by atoms with van der Waals surface area (Å²) in [5.41, 5.74) is 0.134. The molecule has 0 amide bonds. The molecule has 0 bridgehead atoms. The van der Waals surface area contributed by atoms with Crippen molar-refractivity contribution in [3.05, 3.63) is 23.0 Å². The van der Waals surface area contributed by atoms with Gasteiger partial charge in [-0.25, -0.2) is 4.39 Å². The minimum absolute atomic E-state index is 0.0197. The predicted molar refractivity (Wildman–Crippen MR) is 53.0 cm³/mol. The van der Waals surface area contributed by atoms with Crippen LogP contribution >= 0.6 is 23.4 Å². The van der Waals surface area contributed by atoms with Crippen LogP contribution in [0.5, 0.6) is 0 Å². The van der Waals surface area contributed by atoms with Gasteiger partial charge in [0, 0.05) is 4.90 Å². The van der Waals surface area contributed by atoms with Crippen molar-refractivity contribution in [3.8, 4) is 0 Å². The third-order valence-corrected chi connectivity index (χ3v) is 2.68. The van der Waals surface area contributed by atoms with Crippen molar-refractivity contribution in [2.24, 2.45) is 0 Å². The molecular formula is C7H7BClFO2S. The van der Waals surface area contributed by atoms with E-state index in [4.69, 9.17) is 21.6 Å². The molecule has 6 heteroatoms. The molecular weight excluding hydrogens is 213 g/mol. The summed E-state index contributed by atoms with van der Waals surface area (Å²) in [6, 6.07) is 2.69. The van der Waals surface area contributed by atoms with Gasteiger partial charge in [0.25, 0.3) is 0 Å². The fourth-order valence-corrected chi connectivity index (χ4v) is 1.87. The summed E-state index contributed by atoms with van der Waals surface area (Å²) in [4.78, 5) is 0.169. The Balaban J connectivity index is 3.30. The maximum Gasteiger partial charge on any atom is 0.489 e. The van der Waals surface area contributed by atoms with Gasteiger partial charge in [-0.15, -0.1) is 11.8 Å². The number of benzene rings is 1. The molecule has 1 aromatic rings. The van der Waals surface area contributed by atoms with E-state index in [-0.39, 0.29) is 15.4 Å². The minimum Gasteiger partial charge on any atom is -0.423 e. The van der Waals surface area contributed by atoms with Crippen LogP contribution in [0.2, 0.25) is 5.02 Å². The fraction of sp³-hybridized carbons (Fsp3) is 0.143. The molecule has 0 spiro atoms. The van der Waals surface area contributed by atoms with Crippen LogP contribution in [0.1, 0.15) is 0 Å². The molecule has 2 nitrogen and oxygen atoms in total. The highest BCUT2D eigenvalue weighted by atomic mass is 35.5. The van der Waals surface area contributed by atoms with Gasteiger partial charge in [0.2, 0.25) is 0 Å². The molecule has 1 aromatic carbocycles. The first-order valence-electron chi connectivity index (χ1n) is 3.46. The summed E-state index contributed by atoms with van der Waals surface area (Å²) < 4.78 is 13.2. The first-order chi connectivity index (χ1) is 6.07. The van der Waals surface area contributed by atoms with Gasteiger partial charge in [0.15, 0.2) is 5.82 Å². The monoisotopic (exact) mass is 220 g/mol. The number of thioether (sulfide) groups is 1. The fourth-order valence-electron chi connectivity index (χ4n) is 0.958. The second kappa shape index (κ2) is 4.33. The summed E-state index contributed by atoms with van der Waals surface area (Å²) in [6.45, 7) is 0. The number of hydrogen-bond acceptors (Lipinski definition) is 3. The predicted octanol–water partition coefficient (Wildman–Crippen LogP) is 0.881. The summed E-state index contributed by atoms with van der Waals surface area (Å²) in [6.07, 6.45) is 1.64. The average molecular weight is 220 g/mol. The third kappa shape index (κ3) is 2.17. The van der Waals surface area contributed by atoms with Gasteiger partial charge in [-0.3, -0.25) is 0 Å². The zero-order valence-corrected chi connectivity index (χ0v) is 8.36. The summed E-state index contributed by atoms with van der Waals surface area (Å²) >= 11 is 6.60. The van der Waals surface area contributed by atoms with E-state index >= 15 is 0 Å². The lowest BCUT2D eigenvalue weighted by molar-refractivity contribution is 0.424. The first-order valence-corrected chi connectivity index (χ1v) is 5.06. The third-order valence-electron chi connectivity index (χ3n) is 1.56. The van der Waals surface area contributed by atoms with Crippen molar-refractivity contribution >= 4 is 35.9 Å². The number of halogens is 2. The lowest BCUT2D eigenvalue weighted by atomic mass is 9.80. The van der Waals surface area contributed by atoms with Gasteiger partial charge in [0.1, 0.15) is 0 Å². The average Bonchev–Trinajstić information content (AvgIpc) is 2.09. The van der Waals surface area contributed by atoms with Crippen molar-refractivity contribution in [2.75, 3.05) is 6.26 Å². The first kappa shape index (κ1) is 10.9. The van der Waals surface area contributed by atoms with E-state index in [1.807, 2.05) is 0 Å². The Morgan fingerprint density at radius 1 is 1.46 bits per heavy atom. The molecule has 0 aliphatic rings. The van der Waals surface area contributed by atoms with Crippen LogP contribution in [0, 0.1) is 5.82 Å². The van der Waals surface area contributed by atoms with Gasteiger partial charge < -0.3 is 10.0 Å². The molecule has 13 heavy (non-hydrogen) atoms. The van der Waals surface area contributed by atoms with Crippen LogP contribution in [0.3, 0.4) is 0 Å². The Bertz CT molecular complexity index is 322. The normalized spacial score (nSPS) is 10.2. The van der Waals surface area contributed by atoms with Gasteiger partial charge in [-0.2, -0.15) is 0 Å². The molecule has 0 unspecified atom stereocenters. The smallest absolute Gasteiger partial charge is 0.423 e. The second-order valence-corrected chi connectivity index (χ2v) is 3.58. The van der Waals surface area contributed by atoms with Crippen LogP contribution in [-0.4, -0.2) is 23.4 Å². The molecule has 0 radical (unpaired) electrons. The molecule has 0 aliphatic heterocycles. The van der Waals surface area contributed by atoms with Crippen LogP contribution < -0.4 is 5.46 Å². The topological polar surface area (TPSA) is 40.5 Å². The van der Waals surface area contributed by atoms with Crippen molar-refractivity contribution < 1.29 is 14.4 Å². The van der Waals surface area contributed by atoms with Gasteiger partial charge in [0.05, 0.1) is 5.02 Å². The minimum atomic E-state index is -1.67. The van der Waals surface area contributed by atoms with E-state index in [0.717, 1.165) is 11.8 Å². The SMILES string of the molecule is CSc1c(B(O)O)ccc(Cl)c1F. The number of rotatable bonds is 2. The zero-order chi connectivity index (χ0) is 10.0. The van der Waals surface area contributed by atoms with E-state index < -0.39 is 12.9 Å². The number of hydrogen-bond donors (Lipinski definition) is 2. The lowest BCUT2D eigenvalue weighted by Crippen LogP contribution is -2.32. The summed E-state index contributed by atoms with van der Waals surface area (Å²) in [5.74, 6) is -0.611. The molecule has 0 fully saturated rings. The van der Waals surface area contributed by atoms with Crippen LogP contribution in [0.25, 0.3) is 0 Å². The maximum atomic E-state index is 13.2.